The lowest BCUT2D eigenvalue weighted by molar-refractivity contribution is -0.138. The Bertz CT molecular complexity index is 964. The van der Waals surface area contributed by atoms with E-state index in [1.165, 1.54) is 12.1 Å². The maximum absolute atomic E-state index is 12.4. The van der Waals surface area contributed by atoms with Gasteiger partial charge in [0.25, 0.3) is 0 Å². The first-order chi connectivity index (χ1) is 11.5. The van der Waals surface area contributed by atoms with E-state index in [0.29, 0.717) is 0 Å². The van der Waals surface area contributed by atoms with Gasteiger partial charge >= 0.3 is 5.97 Å². The van der Waals surface area contributed by atoms with Gasteiger partial charge in [0.1, 0.15) is 6.04 Å². The summed E-state index contributed by atoms with van der Waals surface area (Å²) >= 11 is 0. The summed E-state index contributed by atoms with van der Waals surface area (Å²) < 4.78 is 27.0. The van der Waals surface area contributed by atoms with E-state index in [1.54, 1.807) is 24.4 Å². The minimum absolute atomic E-state index is 0.0372. The normalized spacial score (nSPS) is 13.0. The summed E-state index contributed by atoms with van der Waals surface area (Å²) in [6.45, 7) is 0. The molecule has 0 aliphatic carbocycles. The molecule has 7 heteroatoms. The van der Waals surface area contributed by atoms with Crippen LogP contribution in [0.15, 0.2) is 65.7 Å². The number of aromatic nitrogens is 1. The number of nitrogens with one attached hydrogen (secondary N) is 2. The SMILES string of the molecule is O=C(O)[C@H](Cc1c[nH]c2ccccc12)NS(=O)(=O)c1ccccc1. The van der Waals surface area contributed by atoms with Gasteiger partial charge in [0.05, 0.1) is 4.90 Å². The lowest BCUT2D eigenvalue weighted by Gasteiger charge is -2.14. The van der Waals surface area contributed by atoms with Crippen molar-refractivity contribution in [2.45, 2.75) is 17.4 Å². The van der Waals surface area contributed by atoms with Crippen LogP contribution < -0.4 is 4.72 Å². The van der Waals surface area contributed by atoms with E-state index < -0.39 is 22.0 Å². The highest BCUT2D eigenvalue weighted by atomic mass is 32.2. The number of carbonyl (C=O) groups is 1. The Hall–Kier alpha value is -2.64. The summed E-state index contributed by atoms with van der Waals surface area (Å²) in [5, 5.41) is 10.3. The highest BCUT2D eigenvalue weighted by Crippen LogP contribution is 2.20. The average Bonchev–Trinajstić information content (AvgIpc) is 2.98. The zero-order valence-corrected chi connectivity index (χ0v) is 13.5. The molecule has 1 heterocycles. The third-order valence-corrected chi connectivity index (χ3v) is 5.24. The Morgan fingerprint density at radius 1 is 1.08 bits per heavy atom. The zero-order chi connectivity index (χ0) is 17.2. The third-order valence-electron chi connectivity index (χ3n) is 3.75. The van der Waals surface area contributed by atoms with Crippen molar-refractivity contribution in [2.24, 2.45) is 0 Å². The maximum atomic E-state index is 12.4. The van der Waals surface area contributed by atoms with Gasteiger partial charge in [0.15, 0.2) is 0 Å². The summed E-state index contributed by atoms with van der Waals surface area (Å²) in [6, 6.07) is 13.9. The van der Waals surface area contributed by atoms with Crippen LogP contribution in [0.4, 0.5) is 0 Å². The summed E-state index contributed by atoms with van der Waals surface area (Å²) in [7, 11) is -3.90. The Balaban J connectivity index is 1.87. The minimum Gasteiger partial charge on any atom is -0.480 e. The van der Waals surface area contributed by atoms with Crippen LogP contribution in [0.1, 0.15) is 5.56 Å². The standard InChI is InChI=1S/C17H16N2O4S/c20-17(21)16(19-24(22,23)13-6-2-1-3-7-13)10-12-11-18-15-9-5-4-8-14(12)15/h1-9,11,16,18-19H,10H2,(H,20,21)/t16-/m0/s1. The number of aliphatic carboxylic acids is 1. The van der Waals surface area contributed by atoms with Crippen LogP contribution in [0.3, 0.4) is 0 Å². The molecule has 6 nitrogen and oxygen atoms in total. The monoisotopic (exact) mass is 344 g/mol. The van der Waals surface area contributed by atoms with Gasteiger partial charge in [-0.15, -0.1) is 0 Å². The fraction of sp³-hybridized carbons (Fsp3) is 0.118. The maximum Gasteiger partial charge on any atom is 0.322 e. The number of carboxylic acids is 1. The summed E-state index contributed by atoms with van der Waals surface area (Å²) in [5.74, 6) is -1.22. The molecule has 0 amide bonds. The van der Waals surface area contributed by atoms with E-state index in [-0.39, 0.29) is 11.3 Å². The number of carboxylic acid groups (broad SMARTS) is 1. The van der Waals surface area contributed by atoms with E-state index in [1.807, 2.05) is 24.3 Å². The summed E-state index contributed by atoms with van der Waals surface area (Å²) in [5.41, 5.74) is 1.62. The van der Waals surface area contributed by atoms with Crippen LogP contribution in [0.5, 0.6) is 0 Å². The predicted octanol–water partition coefficient (Wildman–Crippen LogP) is 2.14. The first kappa shape index (κ1) is 16.2. The smallest absolute Gasteiger partial charge is 0.322 e. The minimum atomic E-state index is -3.90. The molecule has 0 aliphatic heterocycles. The van der Waals surface area contributed by atoms with E-state index >= 15 is 0 Å². The molecule has 0 radical (unpaired) electrons. The topological polar surface area (TPSA) is 99.3 Å². The van der Waals surface area contributed by atoms with Crippen molar-refractivity contribution >= 4 is 26.9 Å². The fourth-order valence-electron chi connectivity index (χ4n) is 2.55. The molecule has 0 fully saturated rings. The molecule has 2 aromatic carbocycles. The van der Waals surface area contributed by atoms with Crippen molar-refractivity contribution in [1.82, 2.24) is 9.71 Å². The molecular weight excluding hydrogens is 328 g/mol. The average molecular weight is 344 g/mol. The van der Waals surface area contributed by atoms with Gasteiger partial charge in [-0.2, -0.15) is 4.72 Å². The fourth-order valence-corrected chi connectivity index (χ4v) is 3.77. The van der Waals surface area contributed by atoms with Gasteiger partial charge in [0.2, 0.25) is 10.0 Å². The number of hydrogen-bond donors (Lipinski definition) is 3. The van der Waals surface area contributed by atoms with Crippen molar-refractivity contribution in [3.8, 4) is 0 Å². The van der Waals surface area contributed by atoms with E-state index in [9.17, 15) is 18.3 Å². The van der Waals surface area contributed by atoms with Gasteiger partial charge in [-0.05, 0) is 23.8 Å². The molecule has 3 N–H and O–H groups in total. The summed E-state index contributed by atoms with van der Waals surface area (Å²) in [4.78, 5) is 14.6. The molecule has 0 spiro atoms. The highest BCUT2D eigenvalue weighted by molar-refractivity contribution is 7.89. The molecule has 1 aromatic heterocycles. The van der Waals surface area contributed by atoms with Crippen molar-refractivity contribution < 1.29 is 18.3 Å². The molecule has 0 aliphatic rings. The third kappa shape index (κ3) is 3.32. The molecule has 3 aromatic rings. The first-order valence-electron chi connectivity index (χ1n) is 7.32. The zero-order valence-electron chi connectivity index (χ0n) is 12.6. The number of rotatable bonds is 6. The van der Waals surface area contributed by atoms with Crippen LogP contribution in [0.25, 0.3) is 10.9 Å². The van der Waals surface area contributed by atoms with Gasteiger partial charge in [-0.3, -0.25) is 4.79 Å². The van der Waals surface area contributed by atoms with Crippen LogP contribution >= 0.6 is 0 Å². The van der Waals surface area contributed by atoms with Gasteiger partial charge < -0.3 is 10.1 Å². The molecule has 0 unspecified atom stereocenters. The second-order valence-corrected chi connectivity index (χ2v) is 7.10. The molecular formula is C17H16N2O4S. The predicted molar refractivity (Wildman–Crippen MR) is 90.2 cm³/mol. The molecule has 0 saturated heterocycles. The number of fused-ring (bicyclic) bond motifs is 1. The Kier molecular flexibility index (Phi) is 4.37. The van der Waals surface area contributed by atoms with E-state index in [0.717, 1.165) is 16.5 Å². The number of hydrogen-bond acceptors (Lipinski definition) is 3. The number of aromatic amines is 1. The lowest BCUT2D eigenvalue weighted by Crippen LogP contribution is -2.42. The quantitative estimate of drug-likeness (QED) is 0.638. The van der Waals surface area contributed by atoms with Crippen molar-refractivity contribution in [1.29, 1.82) is 0 Å². The van der Waals surface area contributed by atoms with Crippen LogP contribution in [0.2, 0.25) is 0 Å². The number of benzene rings is 2. The second-order valence-electron chi connectivity index (χ2n) is 5.39. The molecule has 3 rings (SSSR count). The molecule has 24 heavy (non-hydrogen) atoms. The summed E-state index contributed by atoms with van der Waals surface area (Å²) in [6.07, 6.45) is 1.75. The first-order valence-corrected chi connectivity index (χ1v) is 8.81. The Labute approximate surface area is 139 Å². The highest BCUT2D eigenvalue weighted by Gasteiger charge is 2.26. The number of sulfonamides is 1. The van der Waals surface area contributed by atoms with E-state index in [2.05, 4.69) is 9.71 Å². The van der Waals surface area contributed by atoms with Crippen molar-refractivity contribution in [2.75, 3.05) is 0 Å². The molecule has 0 bridgehead atoms. The Morgan fingerprint density at radius 2 is 1.75 bits per heavy atom. The van der Waals surface area contributed by atoms with Gasteiger partial charge in [-0.1, -0.05) is 36.4 Å². The number of para-hydroxylation sites is 1. The molecule has 1 atom stereocenters. The Morgan fingerprint density at radius 3 is 2.46 bits per heavy atom. The van der Waals surface area contributed by atoms with Crippen molar-refractivity contribution in [3.05, 3.63) is 66.4 Å². The largest absolute Gasteiger partial charge is 0.480 e. The lowest BCUT2D eigenvalue weighted by atomic mass is 10.1. The van der Waals surface area contributed by atoms with E-state index in [4.69, 9.17) is 0 Å². The second kappa shape index (κ2) is 6.46. The van der Waals surface area contributed by atoms with Crippen LogP contribution in [-0.2, 0) is 21.2 Å². The molecule has 124 valence electrons. The molecule has 0 saturated carbocycles. The van der Waals surface area contributed by atoms with Crippen LogP contribution in [-0.4, -0.2) is 30.5 Å². The van der Waals surface area contributed by atoms with Gasteiger partial charge in [0, 0.05) is 23.5 Å². The van der Waals surface area contributed by atoms with Crippen LogP contribution in [0, 0.1) is 0 Å². The number of H-pyrrole nitrogens is 1. The van der Waals surface area contributed by atoms with Gasteiger partial charge in [-0.25, -0.2) is 8.42 Å². The van der Waals surface area contributed by atoms with Crippen molar-refractivity contribution in [3.63, 3.8) is 0 Å².